The number of rotatable bonds is 9. The average Bonchev–Trinajstić information content (AvgIpc) is 2.93. The first-order valence-corrected chi connectivity index (χ1v) is 12.4. The van der Waals surface area contributed by atoms with Crippen molar-refractivity contribution in [2.24, 2.45) is 0 Å². The van der Waals surface area contributed by atoms with Crippen LogP contribution < -0.4 is 15.0 Å². The first-order chi connectivity index (χ1) is 19.0. The van der Waals surface area contributed by atoms with Crippen LogP contribution in [0.4, 0.5) is 29.5 Å². The van der Waals surface area contributed by atoms with Gasteiger partial charge in [0, 0.05) is 25.2 Å². The fraction of sp³-hybridized carbons (Fsp3) is 0.423. The number of nitrogens with one attached hydrogen (secondary N) is 1. The highest BCUT2D eigenvalue weighted by atomic mass is 19.4. The summed E-state index contributed by atoms with van der Waals surface area (Å²) >= 11 is 0. The lowest BCUT2D eigenvalue weighted by molar-refractivity contribution is -0.186. The molecule has 0 spiro atoms. The monoisotopic (exact) mass is 566 g/mol. The number of alkyl halides is 3. The number of nitrogens with zero attached hydrogens (tertiary/aromatic N) is 3. The second-order valence-corrected chi connectivity index (χ2v) is 8.68. The number of piperidine rings is 1. The number of benzene rings is 1. The number of likely N-dealkylation sites (tertiary alicyclic amines) is 1. The highest BCUT2D eigenvalue weighted by Crippen LogP contribution is 2.33. The number of pyridine rings is 1. The van der Waals surface area contributed by atoms with Gasteiger partial charge in [-0.2, -0.15) is 18.2 Å². The Bertz CT molecular complexity index is 1200. The maximum absolute atomic E-state index is 13.4. The second kappa shape index (κ2) is 13.6. The summed E-state index contributed by atoms with van der Waals surface area (Å²) in [6.45, 7) is 0.973. The number of carbonyl (C=O) groups is 4. The van der Waals surface area contributed by atoms with Gasteiger partial charge in [-0.1, -0.05) is 30.3 Å². The van der Waals surface area contributed by atoms with Crippen molar-refractivity contribution in [2.75, 3.05) is 37.0 Å². The number of anilines is 2. The van der Waals surface area contributed by atoms with Gasteiger partial charge in [0.1, 0.15) is 13.0 Å². The molecule has 1 aliphatic heterocycles. The number of aromatic nitrogens is 1. The molecule has 11 nitrogen and oxygen atoms in total. The first kappa shape index (κ1) is 30.2. The predicted octanol–water partition coefficient (Wildman–Crippen LogP) is 3.68. The molecule has 0 aliphatic carbocycles. The van der Waals surface area contributed by atoms with Crippen LogP contribution in [-0.4, -0.2) is 72.8 Å². The van der Waals surface area contributed by atoms with Gasteiger partial charge in [-0.3, -0.25) is 24.6 Å². The number of ether oxygens (including phenoxy) is 3. The van der Waals surface area contributed by atoms with E-state index in [1.807, 2.05) is 6.07 Å². The molecule has 0 atom stereocenters. The number of hydrogen-bond donors (Lipinski definition) is 1. The van der Waals surface area contributed by atoms with E-state index in [-0.39, 0.29) is 56.5 Å². The van der Waals surface area contributed by atoms with Gasteiger partial charge in [-0.25, -0.2) is 4.79 Å². The van der Waals surface area contributed by atoms with E-state index in [1.165, 1.54) is 19.2 Å². The molecule has 40 heavy (non-hydrogen) atoms. The van der Waals surface area contributed by atoms with Crippen LogP contribution in [-0.2, 0) is 30.5 Å². The fourth-order valence-corrected chi connectivity index (χ4v) is 4.12. The zero-order chi connectivity index (χ0) is 29.3. The molecule has 1 saturated heterocycles. The molecular formula is C26H29F3N4O7. The topological polar surface area (TPSA) is 127 Å². The van der Waals surface area contributed by atoms with Crippen LogP contribution in [0.3, 0.4) is 0 Å². The second-order valence-electron chi connectivity index (χ2n) is 8.68. The van der Waals surface area contributed by atoms with Gasteiger partial charge in [-0.05, 0) is 31.4 Å². The number of methoxy groups -OCH3 is 1. The molecule has 216 valence electrons. The Labute approximate surface area is 228 Å². The van der Waals surface area contributed by atoms with Gasteiger partial charge >= 0.3 is 24.1 Å². The minimum absolute atomic E-state index is 0.0293. The van der Waals surface area contributed by atoms with Crippen LogP contribution in [0, 0.1) is 0 Å². The molecule has 3 rings (SSSR count). The highest BCUT2D eigenvalue weighted by molar-refractivity contribution is 6.05. The molecule has 0 saturated carbocycles. The van der Waals surface area contributed by atoms with Crippen molar-refractivity contribution in [1.29, 1.82) is 0 Å². The number of amides is 3. The third-order valence-corrected chi connectivity index (χ3v) is 5.97. The van der Waals surface area contributed by atoms with Gasteiger partial charge in [0.05, 0.1) is 19.4 Å². The Morgan fingerprint density at radius 1 is 1.05 bits per heavy atom. The van der Waals surface area contributed by atoms with E-state index in [4.69, 9.17) is 14.2 Å². The smallest absolute Gasteiger partial charge is 0.471 e. The van der Waals surface area contributed by atoms with Gasteiger partial charge < -0.3 is 19.1 Å². The lowest BCUT2D eigenvalue weighted by Crippen LogP contribution is -2.52. The molecule has 2 heterocycles. The third kappa shape index (κ3) is 8.07. The number of halogens is 3. The Morgan fingerprint density at radius 2 is 1.73 bits per heavy atom. The summed E-state index contributed by atoms with van der Waals surface area (Å²) in [5, 5.41) is 2.53. The Hall–Kier alpha value is -4.36. The normalized spacial score (nSPS) is 13.8. The standard InChI is InChI=1S/C26H29F3N4O7/c1-3-39-22(35)15-21(34)33(18-11-13-32(14-12-18)24(36)26(27,28)29)23-19(9-10-20(31-23)38-2)30-25(37)40-16-17-7-5-4-6-8-17/h4-10,18H,3,11-16H2,1-2H3,(H,30,37). The Balaban J connectivity index is 1.88. The van der Waals surface area contributed by atoms with Crippen molar-refractivity contribution in [1.82, 2.24) is 9.88 Å². The average molecular weight is 567 g/mol. The number of esters is 1. The maximum atomic E-state index is 13.4. The van der Waals surface area contributed by atoms with Crippen LogP contribution in [0.5, 0.6) is 5.88 Å². The fourth-order valence-electron chi connectivity index (χ4n) is 4.12. The van der Waals surface area contributed by atoms with E-state index in [2.05, 4.69) is 10.3 Å². The van der Waals surface area contributed by atoms with Crippen LogP contribution >= 0.6 is 0 Å². The van der Waals surface area contributed by atoms with Crippen molar-refractivity contribution in [3.8, 4) is 5.88 Å². The van der Waals surface area contributed by atoms with Gasteiger partial charge in [0.15, 0.2) is 5.82 Å². The van der Waals surface area contributed by atoms with Gasteiger partial charge in [0.2, 0.25) is 11.8 Å². The zero-order valence-corrected chi connectivity index (χ0v) is 21.9. The molecule has 1 aromatic carbocycles. The van der Waals surface area contributed by atoms with Gasteiger partial charge in [-0.15, -0.1) is 0 Å². The molecule has 2 aromatic rings. The molecule has 0 radical (unpaired) electrons. The lowest BCUT2D eigenvalue weighted by Gasteiger charge is -2.38. The SMILES string of the molecule is CCOC(=O)CC(=O)N(c1nc(OC)ccc1NC(=O)OCc1ccccc1)C1CCN(C(=O)C(F)(F)F)CC1. The molecular weight excluding hydrogens is 537 g/mol. The van der Waals surface area contributed by atoms with Crippen molar-refractivity contribution in [3.05, 3.63) is 48.0 Å². The van der Waals surface area contributed by atoms with Crippen LogP contribution in [0.1, 0.15) is 31.7 Å². The Morgan fingerprint density at radius 3 is 2.33 bits per heavy atom. The molecule has 14 heteroatoms. The summed E-state index contributed by atoms with van der Waals surface area (Å²) in [6, 6.07) is 11.0. The van der Waals surface area contributed by atoms with E-state index in [0.29, 0.717) is 4.90 Å². The first-order valence-electron chi connectivity index (χ1n) is 12.4. The summed E-state index contributed by atoms with van der Waals surface area (Å²) in [6.07, 6.45) is -6.68. The van der Waals surface area contributed by atoms with E-state index >= 15 is 0 Å². The summed E-state index contributed by atoms with van der Waals surface area (Å²) in [5.74, 6) is -3.59. The van der Waals surface area contributed by atoms with Crippen LogP contribution in [0.25, 0.3) is 0 Å². The molecule has 1 aromatic heterocycles. The maximum Gasteiger partial charge on any atom is 0.471 e. The zero-order valence-electron chi connectivity index (χ0n) is 21.9. The van der Waals surface area contributed by atoms with Crippen molar-refractivity contribution in [2.45, 2.75) is 45.0 Å². The van der Waals surface area contributed by atoms with E-state index in [9.17, 15) is 32.3 Å². The molecule has 0 unspecified atom stereocenters. The largest absolute Gasteiger partial charge is 0.481 e. The van der Waals surface area contributed by atoms with E-state index in [0.717, 1.165) is 10.5 Å². The summed E-state index contributed by atoms with van der Waals surface area (Å²) in [7, 11) is 1.33. The molecule has 1 N–H and O–H groups in total. The molecule has 3 amide bonds. The van der Waals surface area contributed by atoms with Crippen molar-refractivity contribution >= 4 is 35.4 Å². The van der Waals surface area contributed by atoms with Crippen LogP contribution in [0.15, 0.2) is 42.5 Å². The molecule has 0 bridgehead atoms. The van der Waals surface area contributed by atoms with E-state index < -0.39 is 42.5 Å². The minimum atomic E-state index is -5.03. The minimum Gasteiger partial charge on any atom is -0.481 e. The third-order valence-electron chi connectivity index (χ3n) is 5.97. The summed E-state index contributed by atoms with van der Waals surface area (Å²) in [5.41, 5.74) is 0.766. The summed E-state index contributed by atoms with van der Waals surface area (Å²) < 4.78 is 54.2. The van der Waals surface area contributed by atoms with Crippen molar-refractivity contribution < 1.29 is 46.6 Å². The summed E-state index contributed by atoms with van der Waals surface area (Å²) in [4.78, 5) is 56.0. The highest BCUT2D eigenvalue weighted by Gasteiger charge is 2.44. The number of carbonyl (C=O) groups excluding carboxylic acids is 4. The predicted molar refractivity (Wildman–Crippen MR) is 135 cm³/mol. The quantitative estimate of drug-likeness (QED) is 0.360. The molecule has 1 aliphatic rings. The molecule has 1 fully saturated rings. The van der Waals surface area contributed by atoms with Gasteiger partial charge in [0.25, 0.3) is 0 Å². The van der Waals surface area contributed by atoms with Crippen LogP contribution in [0.2, 0.25) is 0 Å². The van der Waals surface area contributed by atoms with Crippen molar-refractivity contribution in [3.63, 3.8) is 0 Å². The Kier molecular flexibility index (Phi) is 10.3. The lowest BCUT2D eigenvalue weighted by atomic mass is 10.0. The number of hydrogen-bond acceptors (Lipinski definition) is 8. The van der Waals surface area contributed by atoms with E-state index in [1.54, 1.807) is 31.2 Å².